The second kappa shape index (κ2) is 8.34. The Hall–Kier alpha value is -1.47. The van der Waals surface area contributed by atoms with Crippen molar-refractivity contribution in [1.82, 2.24) is 0 Å². The summed E-state index contributed by atoms with van der Waals surface area (Å²) in [6.45, 7) is 6.74. The molecule has 1 saturated carbocycles. The second-order valence-corrected chi connectivity index (χ2v) is 11.3. The van der Waals surface area contributed by atoms with Gasteiger partial charge in [-0.2, -0.15) is 8.42 Å². The van der Waals surface area contributed by atoms with Crippen molar-refractivity contribution >= 4 is 20.6 Å². The molecular weight excluding hydrogens is 400 g/mol. The Morgan fingerprint density at radius 1 is 1.00 bits per heavy atom. The molecule has 158 valence electrons. The topological polar surface area (TPSA) is 63.6 Å². The Balaban J connectivity index is 2.09. The summed E-state index contributed by atoms with van der Waals surface area (Å²) in [5, 5.41) is 0. The molecule has 1 aliphatic carbocycles. The quantitative estimate of drug-likeness (QED) is 0.534. The van der Waals surface area contributed by atoms with E-state index in [1.54, 1.807) is 0 Å². The van der Waals surface area contributed by atoms with Crippen LogP contribution in [0.1, 0.15) is 44.7 Å². The van der Waals surface area contributed by atoms with E-state index in [0.29, 0.717) is 16.4 Å². The average Bonchev–Trinajstić information content (AvgIpc) is 2.63. The van der Waals surface area contributed by atoms with Gasteiger partial charge in [0.25, 0.3) is 10.1 Å². The number of rotatable bonds is 7. The lowest BCUT2D eigenvalue weighted by atomic mass is 9.54. The summed E-state index contributed by atoms with van der Waals surface area (Å²) in [4.78, 5) is 0. The molecule has 4 nitrogen and oxygen atoms in total. The highest BCUT2D eigenvalue weighted by Gasteiger charge is 2.53. The van der Waals surface area contributed by atoms with E-state index in [9.17, 15) is 13.0 Å². The summed E-state index contributed by atoms with van der Waals surface area (Å²) >= 11 is 0. The first-order chi connectivity index (χ1) is 13.6. The largest absolute Gasteiger partial charge is 0.414 e. The van der Waals surface area contributed by atoms with E-state index < -0.39 is 15.7 Å². The van der Waals surface area contributed by atoms with Gasteiger partial charge in [-0.1, -0.05) is 81.4 Å². The van der Waals surface area contributed by atoms with Crippen molar-refractivity contribution in [3.05, 3.63) is 71.8 Å². The molecule has 1 unspecified atom stereocenters. The summed E-state index contributed by atoms with van der Waals surface area (Å²) in [5.74, 6) is 0.343. The first-order valence-corrected chi connectivity index (χ1v) is 12.6. The third-order valence-electron chi connectivity index (χ3n) is 6.29. The highest BCUT2D eigenvalue weighted by Crippen LogP contribution is 2.56. The SMILES string of the molecule is CC(C)(C)C([C@H]1C[C@@H](CS(=O)(=O)O)C1)C(O[SiH3])(c1ccccc1)c1ccccc1. The lowest BCUT2D eigenvalue weighted by Crippen LogP contribution is -2.52. The van der Waals surface area contributed by atoms with Gasteiger partial charge in [-0.25, -0.2) is 0 Å². The summed E-state index contributed by atoms with van der Waals surface area (Å²) in [7, 11) is -3.37. The molecule has 0 heterocycles. The van der Waals surface area contributed by atoms with E-state index in [1.807, 2.05) is 12.1 Å². The molecule has 29 heavy (non-hydrogen) atoms. The molecule has 1 aliphatic rings. The van der Waals surface area contributed by atoms with E-state index in [2.05, 4.69) is 69.3 Å². The van der Waals surface area contributed by atoms with Crippen molar-refractivity contribution in [3.8, 4) is 0 Å². The number of hydrogen-bond acceptors (Lipinski definition) is 3. The van der Waals surface area contributed by atoms with Crippen LogP contribution in [0, 0.1) is 23.2 Å². The Bertz CT molecular complexity index is 861. The first kappa shape index (κ1) is 22.2. The van der Waals surface area contributed by atoms with Gasteiger partial charge in [-0.15, -0.1) is 0 Å². The van der Waals surface area contributed by atoms with Crippen LogP contribution < -0.4 is 0 Å². The average molecular weight is 433 g/mol. The summed E-state index contributed by atoms with van der Waals surface area (Å²) in [5.41, 5.74) is 1.63. The van der Waals surface area contributed by atoms with Crippen molar-refractivity contribution in [2.75, 3.05) is 5.75 Å². The lowest BCUT2D eigenvalue weighted by molar-refractivity contribution is -0.0742. The van der Waals surface area contributed by atoms with E-state index in [4.69, 9.17) is 4.43 Å². The third kappa shape index (κ3) is 4.66. The predicted octanol–water partition coefficient (Wildman–Crippen LogP) is 3.80. The smallest absolute Gasteiger partial charge is 0.265 e. The summed E-state index contributed by atoms with van der Waals surface area (Å²) < 4.78 is 38.5. The zero-order valence-corrected chi connectivity index (χ0v) is 20.5. The Labute approximate surface area is 178 Å². The highest BCUT2D eigenvalue weighted by molar-refractivity contribution is 7.85. The maximum Gasteiger partial charge on any atom is 0.265 e. The third-order valence-corrected chi connectivity index (χ3v) is 7.82. The van der Waals surface area contributed by atoms with E-state index >= 15 is 0 Å². The molecule has 0 aliphatic heterocycles. The van der Waals surface area contributed by atoms with Gasteiger partial charge in [-0.05, 0) is 41.2 Å². The molecule has 0 radical (unpaired) electrons. The molecule has 0 saturated heterocycles. The van der Waals surface area contributed by atoms with E-state index in [-0.39, 0.29) is 23.0 Å². The zero-order chi connectivity index (χ0) is 21.3. The van der Waals surface area contributed by atoms with Crippen LogP contribution in [0.4, 0.5) is 0 Å². The minimum Gasteiger partial charge on any atom is -0.414 e. The van der Waals surface area contributed by atoms with Gasteiger partial charge in [0, 0.05) is 5.92 Å². The maximum absolute atomic E-state index is 11.3. The summed E-state index contributed by atoms with van der Waals surface area (Å²) in [6.07, 6.45) is 1.57. The monoisotopic (exact) mass is 432 g/mol. The van der Waals surface area contributed by atoms with Crippen LogP contribution in [-0.2, 0) is 20.1 Å². The van der Waals surface area contributed by atoms with Crippen molar-refractivity contribution in [2.45, 2.75) is 39.2 Å². The normalized spacial score (nSPS) is 21.5. The van der Waals surface area contributed by atoms with Crippen molar-refractivity contribution in [1.29, 1.82) is 0 Å². The van der Waals surface area contributed by atoms with Gasteiger partial charge in [0.05, 0.1) is 5.75 Å². The van der Waals surface area contributed by atoms with Gasteiger partial charge in [0.2, 0.25) is 0 Å². The van der Waals surface area contributed by atoms with Gasteiger partial charge in [-0.3, -0.25) is 4.55 Å². The molecule has 1 fully saturated rings. The van der Waals surface area contributed by atoms with Crippen LogP contribution in [0.5, 0.6) is 0 Å². The second-order valence-electron chi connectivity index (χ2n) is 9.36. The van der Waals surface area contributed by atoms with Crippen LogP contribution in [-0.4, -0.2) is 29.2 Å². The van der Waals surface area contributed by atoms with Crippen LogP contribution in [0.3, 0.4) is 0 Å². The number of hydrogen-bond donors (Lipinski definition) is 1. The van der Waals surface area contributed by atoms with Crippen LogP contribution in [0.2, 0.25) is 0 Å². The molecule has 2 aromatic rings. The molecule has 0 amide bonds. The minimum atomic E-state index is -3.94. The van der Waals surface area contributed by atoms with Crippen molar-refractivity contribution in [3.63, 3.8) is 0 Å². The van der Waals surface area contributed by atoms with E-state index in [1.165, 1.54) is 0 Å². The molecule has 6 heteroatoms. The molecule has 1 N–H and O–H groups in total. The Morgan fingerprint density at radius 3 is 1.79 bits per heavy atom. The van der Waals surface area contributed by atoms with E-state index in [0.717, 1.165) is 24.0 Å². The van der Waals surface area contributed by atoms with Crippen LogP contribution in [0.25, 0.3) is 0 Å². The molecule has 3 rings (SSSR count). The fourth-order valence-electron chi connectivity index (χ4n) is 5.40. The van der Waals surface area contributed by atoms with Crippen molar-refractivity contribution < 1.29 is 17.4 Å². The first-order valence-electron chi connectivity index (χ1n) is 10.2. The fraction of sp³-hybridized carbons (Fsp3) is 0.478. The van der Waals surface area contributed by atoms with Crippen molar-refractivity contribution in [2.24, 2.45) is 23.2 Å². The summed E-state index contributed by atoms with van der Waals surface area (Å²) in [6, 6.07) is 20.8. The zero-order valence-electron chi connectivity index (χ0n) is 17.7. The van der Waals surface area contributed by atoms with Gasteiger partial charge >= 0.3 is 0 Å². The maximum atomic E-state index is 11.3. The fourth-order valence-corrected chi connectivity index (χ4v) is 7.00. The molecule has 1 atom stereocenters. The lowest BCUT2D eigenvalue weighted by Gasteiger charge is -2.55. The standard InChI is InChI=1S/C23H32O4SSi/c1-22(2,3)21(18-14-17(15-18)16-28(24,25)26)23(27-29,19-10-6-4-7-11-19)20-12-8-5-9-13-20/h4-13,17-18,21H,14-16H2,1-3,29H3,(H,24,25,26)/t17-,18+,21?. The highest BCUT2D eigenvalue weighted by atomic mass is 32.2. The molecule has 2 aromatic carbocycles. The Kier molecular flexibility index (Phi) is 6.39. The van der Waals surface area contributed by atoms with Gasteiger partial charge in [0.15, 0.2) is 0 Å². The number of benzene rings is 2. The van der Waals surface area contributed by atoms with Crippen LogP contribution in [0.15, 0.2) is 60.7 Å². The minimum absolute atomic E-state index is 0.0122. The Morgan fingerprint density at radius 2 is 1.45 bits per heavy atom. The molecular formula is C23H32O4SSi. The van der Waals surface area contributed by atoms with Crippen LogP contribution >= 0.6 is 0 Å². The predicted molar refractivity (Wildman–Crippen MR) is 120 cm³/mol. The molecule has 0 aromatic heterocycles. The molecule has 0 bridgehead atoms. The van der Waals surface area contributed by atoms with Gasteiger partial charge in [0.1, 0.15) is 16.1 Å². The molecule has 0 spiro atoms. The van der Waals surface area contributed by atoms with Gasteiger partial charge < -0.3 is 4.43 Å².